The smallest absolute Gasteiger partial charge is 0.155 e. The Hall–Kier alpha value is -1.74. The van der Waals surface area contributed by atoms with Crippen LogP contribution in [0.5, 0.6) is 0 Å². The molecule has 2 N–H and O–H groups in total. The molecule has 0 spiro atoms. The minimum Gasteiger partial charge on any atom is -0.321 e. The summed E-state index contributed by atoms with van der Waals surface area (Å²) in [7, 11) is 0. The Bertz CT molecular complexity index is 626. The van der Waals surface area contributed by atoms with Crippen LogP contribution >= 0.6 is 0 Å². The van der Waals surface area contributed by atoms with Gasteiger partial charge in [0, 0.05) is 18.4 Å². The molecule has 0 aliphatic heterocycles. The van der Waals surface area contributed by atoms with E-state index in [1.165, 1.54) is 0 Å². The molecule has 0 fully saturated rings. The van der Waals surface area contributed by atoms with Gasteiger partial charge in [0.15, 0.2) is 5.78 Å². The first kappa shape index (κ1) is 18.3. The van der Waals surface area contributed by atoms with E-state index in [0.717, 1.165) is 22.9 Å². The monoisotopic (exact) mass is 302 g/mol. The van der Waals surface area contributed by atoms with Crippen LogP contribution in [0.25, 0.3) is 10.9 Å². The number of aromatic nitrogens is 1. The van der Waals surface area contributed by atoms with E-state index in [-0.39, 0.29) is 12.6 Å². The lowest BCUT2D eigenvalue weighted by Gasteiger charge is -2.24. The van der Waals surface area contributed by atoms with Gasteiger partial charge in [-0.15, -0.1) is 0 Å². The van der Waals surface area contributed by atoms with Crippen molar-refractivity contribution < 1.29 is 6.22 Å². The van der Waals surface area contributed by atoms with E-state index in [0.29, 0.717) is 6.42 Å². The fraction of sp³-hybridized carbons (Fsp3) is 0.474. The van der Waals surface area contributed by atoms with Crippen LogP contribution < -0.4 is 5.73 Å². The summed E-state index contributed by atoms with van der Waals surface area (Å²) >= 11 is 0. The van der Waals surface area contributed by atoms with E-state index in [1.807, 2.05) is 65.1 Å². The molecule has 1 unspecified atom stereocenters. The summed E-state index contributed by atoms with van der Waals surface area (Å²) in [5.41, 5.74) is 7.69. The number of carbonyl (C=O) groups is 1. The minimum atomic E-state index is -0.465. The van der Waals surface area contributed by atoms with Crippen LogP contribution in [0.15, 0.2) is 36.5 Å². The number of hydrogen-bond acceptors (Lipinski definition) is 3. The molecule has 0 radical (unpaired) electrons. The number of carbonyl (C=O) groups excluding carboxylic acids is 1. The number of para-hydroxylation sites is 1. The van der Waals surface area contributed by atoms with Crippen molar-refractivity contribution in [1.29, 1.82) is 0 Å². The lowest BCUT2D eigenvalue weighted by molar-refractivity contribution is -0.128. The number of nitrogens with two attached hydrogens (primary N) is 1. The summed E-state index contributed by atoms with van der Waals surface area (Å²) in [5, 5.41) is 1.08. The fourth-order valence-corrected chi connectivity index (χ4v) is 2.25. The van der Waals surface area contributed by atoms with Crippen molar-refractivity contribution in [3.63, 3.8) is 0 Å². The van der Waals surface area contributed by atoms with Gasteiger partial charge in [-0.1, -0.05) is 52.8 Å². The molecule has 3 heteroatoms. The third-order valence-corrected chi connectivity index (χ3v) is 3.99. The molecule has 2 rings (SSSR count). The van der Waals surface area contributed by atoms with E-state index in [2.05, 4.69) is 11.1 Å². The Balaban J connectivity index is 0.00000155. The van der Waals surface area contributed by atoms with Crippen molar-refractivity contribution in [3.05, 3.63) is 42.1 Å². The van der Waals surface area contributed by atoms with Crippen molar-refractivity contribution in [2.45, 2.75) is 53.5 Å². The summed E-state index contributed by atoms with van der Waals surface area (Å²) in [5.74, 6) is 0.119. The van der Waals surface area contributed by atoms with Crippen LogP contribution in [0.3, 0.4) is 0 Å². The Kier molecular flexibility index (Phi) is 6.69. The van der Waals surface area contributed by atoms with Gasteiger partial charge in [-0.25, -0.2) is 0 Å². The zero-order chi connectivity index (χ0) is 16.8. The van der Waals surface area contributed by atoms with Gasteiger partial charge < -0.3 is 5.73 Å². The van der Waals surface area contributed by atoms with Gasteiger partial charge in [-0.2, -0.15) is 0 Å². The first-order valence-corrected chi connectivity index (χ1v) is 8.07. The Labute approximate surface area is 135 Å². The fourth-order valence-electron chi connectivity index (χ4n) is 2.25. The van der Waals surface area contributed by atoms with E-state index in [1.54, 1.807) is 0 Å². The maximum absolute atomic E-state index is 12.3. The maximum atomic E-state index is 12.3. The number of ketones is 1. The van der Waals surface area contributed by atoms with Crippen LogP contribution in [0.2, 0.25) is 0 Å². The van der Waals surface area contributed by atoms with Crippen LogP contribution in [-0.4, -0.2) is 16.8 Å². The Morgan fingerprint density at radius 3 is 2.59 bits per heavy atom. The number of hydrogen-bond donors (Lipinski definition) is 1. The highest BCUT2D eigenvalue weighted by Crippen LogP contribution is 2.23. The molecule has 0 saturated heterocycles. The molecule has 1 heterocycles. The number of benzene rings is 1. The van der Waals surface area contributed by atoms with E-state index in [9.17, 15) is 4.79 Å². The first-order chi connectivity index (χ1) is 10.4. The topological polar surface area (TPSA) is 56.0 Å². The third kappa shape index (κ3) is 4.38. The molecule has 0 aliphatic carbocycles. The van der Waals surface area contributed by atoms with Gasteiger partial charge in [0.25, 0.3) is 0 Å². The zero-order valence-electron chi connectivity index (χ0n) is 14.4. The summed E-state index contributed by atoms with van der Waals surface area (Å²) in [4.78, 5) is 16.7. The van der Waals surface area contributed by atoms with Crippen LogP contribution in [0.4, 0.5) is 0 Å². The van der Waals surface area contributed by atoms with Crippen molar-refractivity contribution >= 4 is 16.7 Å². The average Bonchev–Trinajstić information content (AvgIpc) is 2.55. The number of rotatable bonds is 5. The third-order valence-electron chi connectivity index (χ3n) is 3.99. The van der Waals surface area contributed by atoms with E-state index in [4.69, 9.17) is 5.73 Å². The lowest BCUT2D eigenvalue weighted by atomic mass is 9.80. The van der Waals surface area contributed by atoms with Gasteiger partial charge in [-0.3, -0.25) is 9.78 Å². The van der Waals surface area contributed by atoms with Gasteiger partial charge >= 0.3 is 0 Å². The molecule has 2 aromatic rings. The second-order valence-corrected chi connectivity index (χ2v) is 5.95. The van der Waals surface area contributed by atoms with Gasteiger partial charge in [0.2, 0.25) is 0 Å². The van der Waals surface area contributed by atoms with Gasteiger partial charge in [0.1, 0.15) is 0 Å². The summed E-state index contributed by atoms with van der Waals surface area (Å²) in [6, 6.07) is 9.55. The Morgan fingerprint density at radius 1 is 1.32 bits per heavy atom. The first-order valence-electron chi connectivity index (χ1n) is 8.07. The molecule has 3 nitrogen and oxygen atoms in total. The number of pyridine rings is 1. The molecule has 0 bridgehead atoms. The molecule has 0 saturated carbocycles. The highest BCUT2D eigenvalue weighted by atomic mass is 16.1. The average molecular weight is 302 g/mol. The lowest BCUT2D eigenvalue weighted by Crippen LogP contribution is -2.41. The molecule has 0 amide bonds. The van der Waals surface area contributed by atoms with Gasteiger partial charge in [0.05, 0.1) is 11.6 Å². The molecule has 122 valence electrons. The normalized spacial score (nSPS) is 12.5. The van der Waals surface area contributed by atoms with E-state index < -0.39 is 6.04 Å². The predicted octanol–water partition coefficient (Wildman–Crippen LogP) is 4.38. The molecule has 1 aromatic heterocycles. The van der Waals surface area contributed by atoms with Crippen LogP contribution in [-0.2, 0) is 11.2 Å². The van der Waals surface area contributed by atoms with E-state index >= 15 is 0 Å². The molecular formula is C19H30N2O. The number of Topliss-reactive ketones (excluding diaryl/α,β-unsaturated/α-hetero) is 1. The second-order valence-electron chi connectivity index (χ2n) is 5.95. The summed E-state index contributed by atoms with van der Waals surface area (Å²) < 4.78 is 0. The predicted molar refractivity (Wildman–Crippen MR) is 96.0 cm³/mol. The number of nitrogens with zero attached hydrogens (tertiary/aromatic N) is 1. The minimum absolute atomic E-state index is 0. The largest absolute Gasteiger partial charge is 0.321 e. The van der Waals surface area contributed by atoms with Crippen molar-refractivity contribution in [2.24, 2.45) is 11.1 Å². The van der Waals surface area contributed by atoms with Crippen molar-refractivity contribution in [3.8, 4) is 0 Å². The maximum Gasteiger partial charge on any atom is 0.155 e. The standard InChI is InChI=1S/C17H22N2O.C2H6.H2/c1-4-17(2,3)16(20)14(18)10-12-9-13-7-5-6-8-15(13)19-11-12;1-2;/h5-9,11,14H,4,10,18H2,1-3H3;1-2H3;1H. The molecule has 0 aliphatic rings. The summed E-state index contributed by atoms with van der Waals surface area (Å²) in [6.07, 6.45) is 3.16. The molecular weight excluding hydrogens is 272 g/mol. The molecule has 22 heavy (non-hydrogen) atoms. The van der Waals surface area contributed by atoms with Crippen molar-refractivity contribution in [1.82, 2.24) is 4.98 Å². The van der Waals surface area contributed by atoms with Crippen LogP contribution in [0.1, 0.15) is 48.0 Å². The zero-order valence-corrected chi connectivity index (χ0v) is 14.4. The summed E-state index contributed by atoms with van der Waals surface area (Å²) in [6.45, 7) is 9.92. The SMILES string of the molecule is CC.CCC(C)(C)C(=O)C(N)Cc1cnc2ccccc2c1.[HH]. The Morgan fingerprint density at radius 2 is 1.95 bits per heavy atom. The quantitative estimate of drug-likeness (QED) is 0.891. The second kappa shape index (κ2) is 8.04. The highest BCUT2D eigenvalue weighted by Gasteiger charge is 2.30. The van der Waals surface area contributed by atoms with Crippen molar-refractivity contribution in [2.75, 3.05) is 0 Å². The van der Waals surface area contributed by atoms with Crippen LogP contribution in [0, 0.1) is 5.41 Å². The molecule has 1 aromatic carbocycles. The number of fused-ring (bicyclic) bond motifs is 1. The highest BCUT2D eigenvalue weighted by molar-refractivity contribution is 5.89. The molecule has 1 atom stereocenters. The van der Waals surface area contributed by atoms with Gasteiger partial charge in [-0.05, 0) is 30.5 Å².